The molecular weight excluding hydrogens is 475 g/mol. The standard InChI is InChI=1S/C24H26F3N7O2/c1-35-23-22-16(14-2-3-19-20(8-14)33(13-28-19)10-21(26)27)4-7-34(22)31-24(30-23)29-18-5-6-32(9-17(18)25)15-11-36-12-15/h2-4,7-8,13,15,17-18,21H,5-6,9-12H2,1H3,(H,29,31)/t17-,18+/m1/s1. The predicted octanol–water partition coefficient (Wildman–Crippen LogP) is 3.24. The third-order valence-electron chi connectivity index (χ3n) is 6.96. The van der Waals surface area contributed by atoms with Gasteiger partial charge in [-0.25, -0.2) is 22.7 Å². The number of alkyl halides is 3. The molecule has 1 N–H and O–H groups in total. The van der Waals surface area contributed by atoms with Crippen LogP contribution in [0.2, 0.25) is 0 Å². The lowest BCUT2D eigenvalue weighted by Gasteiger charge is -2.42. The van der Waals surface area contributed by atoms with E-state index in [0.29, 0.717) is 54.7 Å². The number of benzene rings is 1. The first-order valence-electron chi connectivity index (χ1n) is 11.9. The van der Waals surface area contributed by atoms with Crippen molar-refractivity contribution >= 4 is 22.5 Å². The summed E-state index contributed by atoms with van der Waals surface area (Å²) >= 11 is 0. The molecule has 0 unspecified atom stereocenters. The van der Waals surface area contributed by atoms with Crippen LogP contribution in [-0.4, -0.2) is 87.1 Å². The van der Waals surface area contributed by atoms with E-state index in [1.165, 1.54) is 18.0 Å². The van der Waals surface area contributed by atoms with Gasteiger partial charge >= 0.3 is 0 Å². The summed E-state index contributed by atoms with van der Waals surface area (Å²) in [6.07, 6.45) is 0.277. The number of aromatic nitrogens is 5. The van der Waals surface area contributed by atoms with E-state index in [1.807, 2.05) is 18.2 Å². The lowest BCUT2D eigenvalue weighted by Crippen LogP contribution is -2.57. The highest BCUT2D eigenvalue weighted by Crippen LogP contribution is 2.33. The maximum atomic E-state index is 14.9. The molecular formula is C24H26F3N7O2. The molecule has 0 bridgehead atoms. The number of halogens is 3. The Morgan fingerprint density at radius 3 is 2.83 bits per heavy atom. The SMILES string of the molecule is COc1nc(N[C@H]2CCN(C3COC3)C[C@H]2F)nn2ccc(-c3ccc4ncn(CC(F)F)c4c3)c12. The fourth-order valence-electron chi connectivity index (χ4n) is 4.97. The summed E-state index contributed by atoms with van der Waals surface area (Å²) in [6, 6.07) is 7.25. The zero-order valence-electron chi connectivity index (χ0n) is 19.6. The molecule has 2 aliphatic heterocycles. The molecule has 0 radical (unpaired) electrons. The number of hydrogen-bond acceptors (Lipinski definition) is 7. The first-order valence-corrected chi connectivity index (χ1v) is 11.9. The largest absolute Gasteiger partial charge is 0.479 e. The van der Waals surface area contributed by atoms with Gasteiger partial charge in [0.1, 0.15) is 11.7 Å². The Labute approximate surface area is 204 Å². The van der Waals surface area contributed by atoms with Crippen molar-refractivity contribution in [3.8, 4) is 17.0 Å². The number of fused-ring (bicyclic) bond motifs is 2. The molecule has 12 heteroatoms. The van der Waals surface area contributed by atoms with Crippen LogP contribution in [0, 0.1) is 0 Å². The average Bonchev–Trinajstić information content (AvgIpc) is 3.43. The number of ether oxygens (including phenoxy) is 2. The number of likely N-dealkylation sites (tertiary alicyclic amines) is 1. The summed E-state index contributed by atoms with van der Waals surface area (Å²) in [5, 5.41) is 7.70. The van der Waals surface area contributed by atoms with E-state index >= 15 is 0 Å². The van der Waals surface area contributed by atoms with E-state index in [9.17, 15) is 13.2 Å². The van der Waals surface area contributed by atoms with Gasteiger partial charge in [0.05, 0.1) is 56.3 Å². The van der Waals surface area contributed by atoms with Gasteiger partial charge in [-0.3, -0.25) is 4.90 Å². The predicted molar refractivity (Wildman–Crippen MR) is 127 cm³/mol. The normalized spacial score (nSPS) is 21.4. The van der Waals surface area contributed by atoms with Crippen LogP contribution in [0.25, 0.3) is 27.7 Å². The fourth-order valence-corrected chi connectivity index (χ4v) is 4.97. The Balaban J connectivity index is 1.28. The fraction of sp³-hybridized carbons (Fsp3) is 0.458. The summed E-state index contributed by atoms with van der Waals surface area (Å²) in [5.41, 5.74) is 3.44. The van der Waals surface area contributed by atoms with Crippen LogP contribution in [-0.2, 0) is 11.3 Å². The zero-order valence-corrected chi connectivity index (χ0v) is 19.6. The second-order valence-electron chi connectivity index (χ2n) is 9.20. The van der Waals surface area contributed by atoms with Gasteiger partial charge in [-0.2, -0.15) is 4.98 Å². The van der Waals surface area contributed by atoms with Crippen LogP contribution in [0.3, 0.4) is 0 Å². The van der Waals surface area contributed by atoms with Crippen molar-refractivity contribution in [1.29, 1.82) is 0 Å². The number of rotatable bonds is 7. The lowest BCUT2D eigenvalue weighted by molar-refractivity contribution is -0.0794. The van der Waals surface area contributed by atoms with Crippen LogP contribution >= 0.6 is 0 Å². The molecule has 1 aromatic carbocycles. The smallest absolute Gasteiger partial charge is 0.256 e. The van der Waals surface area contributed by atoms with E-state index in [1.54, 1.807) is 16.8 Å². The maximum Gasteiger partial charge on any atom is 0.256 e. The summed E-state index contributed by atoms with van der Waals surface area (Å²) in [6.45, 7) is 2.03. The van der Waals surface area contributed by atoms with Gasteiger partial charge < -0.3 is 19.4 Å². The van der Waals surface area contributed by atoms with Crippen LogP contribution < -0.4 is 10.1 Å². The molecule has 3 aromatic heterocycles. The van der Waals surface area contributed by atoms with E-state index in [4.69, 9.17) is 9.47 Å². The quantitative estimate of drug-likeness (QED) is 0.416. The van der Waals surface area contributed by atoms with Crippen LogP contribution in [0.1, 0.15) is 6.42 Å². The Hall–Kier alpha value is -3.38. The molecule has 2 fully saturated rings. The summed E-state index contributed by atoms with van der Waals surface area (Å²) in [4.78, 5) is 10.9. The minimum Gasteiger partial charge on any atom is -0.479 e. The van der Waals surface area contributed by atoms with E-state index in [-0.39, 0.29) is 5.95 Å². The second-order valence-corrected chi connectivity index (χ2v) is 9.20. The van der Waals surface area contributed by atoms with E-state index < -0.39 is 25.2 Å². The second kappa shape index (κ2) is 9.25. The minimum absolute atomic E-state index is 0.278. The zero-order chi connectivity index (χ0) is 24.8. The molecule has 0 aliphatic carbocycles. The summed E-state index contributed by atoms with van der Waals surface area (Å²) < 4.78 is 54.8. The Kier molecular flexibility index (Phi) is 5.92. The Morgan fingerprint density at radius 1 is 1.25 bits per heavy atom. The molecule has 4 aromatic rings. The summed E-state index contributed by atoms with van der Waals surface area (Å²) in [7, 11) is 1.51. The minimum atomic E-state index is -2.48. The number of nitrogens with zero attached hydrogens (tertiary/aromatic N) is 6. The number of hydrogen-bond donors (Lipinski definition) is 1. The van der Waals surface area contributed by atoms with Gasteiger partial charge in [0.25, 0.3) is 6.43 Å². The molecule has 9 nitrogen and oxygen atoms in total. The lowest BCUT2D eigenvalue weighted by atomic mass is 10.0. The first kappa shape index (κ1) is 23.0. The van der Waals surface area contributed by atoms with Gasteiger partial charge in [0.15, 0.2) is 0 Å². The Bertz CT molecular complexity index is 1390. The van der Waals surface area contributed by atoms with Gasteiger partial charge in [-0.15, -0.1) is 5.10 Å². The van der Waals surface area contributed by atoms with Gasteiger partial charge in [-0.1, -0.05) is 6.07 Å². The van der Waals surface area contributed by atoms with Gasteiger partial charge in [-0.05, 0) is 30.2 Å². The van der Waals surface area contributed by atoms with Crippen molar-refractivity contribution in [3.05, 3.63) is 36.8 Å². The first-order chi connectivity index (χ1) is 17.5. The van der Waals surface area contributed by atoms with Crippen molar-refractivity contribution in [2.45, 2.75) is 37.6 Å². The highest BCUT2D eigenvalue weighted by Gasteiger charge is 2.35. The van der Waals surface area contributed by atoms with Crippen LogP contribution in [0.5, 0.6) is 5.88 Å². The van der Waals surface area contributed by atoms with Crippen LogP contribution in [0.15, 0.2) is 36.8 Å². The van der Waals surface area contributed by atoms with Crippen molar-refractivity contribution < 1.29 is 22.6 Å². The number of nitrogens with one attached hydrogen (secondary N) is 1. The maximum absolute atomic E-state index is 14.9. The monoisotopic (exact) mass is 501 g/mol. The average molecular weight is 502 g/mol. The Morgan fingerprint density at radius 2 is 2.11 bits per heavy atom. The van der Waals surface area contributed by atoms with Crippen molar-refractivity contribution in [2.75, 3.05) is 38.7 Å². The highest BCUT2D eigenvalue weighted by molar-refractivity contribution is 5.89. The molecule has 2 aliphatic rings. The molecule has 2 saturated heterocycles. The number of piperidine rings is 1. The third kappa shape index (κ3) is 4.13. The van der Waals surface area contributed by atoms with Crippen molar-refractivity contribution in [2.24, 2.45) is 0 Å². The van der Waals surface area contributed by atoms with Crippen LogP contribution in [0.4, 0.5) is 19.1 Å². The molecule has 190 valence electrons. The van der Waals surface area contributed by atoms with Crippen molar-refractivity contribution in [1.82, 2.24) is 29.0 Å². The van der Waals surface area contributed by atoms with E-state index in [0.717, 1.165) is 17.7 Å². The number of imidazole rings is 1. The molecule has 36 heavy (non-hydrogen) atoms. The molecule has 0 spiro atoms. The molecule has 6 rings (SSSR count). The van der Waals surface area contributed by atoms with E-state index in [2.05, 4.69) is 25.3 Å². The summed E-state index contributed by atoms with van der Waals surface area (Å²) in [5.74, 6) is 0.605. The molecule has 2 atom stereocenters. The van der Waals surface area contributed by atoms with Gasteiger partial charge in [0, 0.05) is 24.8 Å². The molecule has 5 heterocycles. The highest BCUT2D eigenvalue weighted by atomic mass is 19.3. The molecule has 0 saturated carbocycles. The number of methoxy groups -OCH3 is 1. The third-order valence-corrected chi connectivity index (χ3v) is 6.96. The topological polar surface area (TPSA) is 81.7 Å². The van der Waals surface area contributed by atoms with Gasteiger partial charge in [0.2, 0.25) is 11.8 Å². The van der Waals surface area contributed by atoms with Crippen molar-refractivity contribution in [3.63, 3.8) is 0 Å². The molecule has 0 amide bonds. The number of anilines is 1.